The number of aromatic amines is 1. The first-order valence-electron chi connectivity index (χ1n) is 7.84. The van der Waals surface area contributed by atoms with E-state index in [2.05, 4.69) is 9.97 Å². The predicted molar refractivity (Wildman–Crippen MR) is 85.5 cm³/mol. The van der Waals surface area contributed by atoms with Gasteiger partial charge in [0.15, 0.2) is 11.6 Å². The van der Waals surface area contributed by atoms with Crippen LogP contribution in [0.2, 0.25) is 0 Å². The molecule has 2 heterocycles. The topological polar surface area (TPSA) is 49.0 Å². The van der Waals surface area contributed by atoms with E-state index in [-0.39, 0.29) is 17.5 Å². The second-order valence-corrected chi connectivity index (χ2v) is 5.92. The van der Waals surface area contributed by atoms with E-state index >= 15 is 0 Å². The van der Waals surface area contributed by atoms with Crippen LogP contribution in [-0.4, -0.2) is 27.3 Å². The van der Waals surface area contributed by atoms with Crippen LogP contribution in [0.4, 0.5) is 8.78 Å². The fourth-order valence-corrected chi connectivity index (χ4v) is 3.22. The van der Waals surface area contributed by atoms with Crippen molar-refractivity contribution in [1.29, 1.82) is 0 Å². The van der Waals surface area contributed by atoms with E-state index < -0.39 is 11.6 Å². The molecule has 0 saturated carbocycles. The van der Waals surface area contributed by atoms with E-state index in [1.165, 1.54) is 6.07 Å². The zero-order valence-electron chi connectivity index (χ0n) is 12.8. The van der Waals surface area contributed by atoms with Crippen molar-refractivity contribution in [2.45, 2.75) is 18.9 Å². The highest BCUT2D eigenvalue weighted by atomic mass is 19.2. The maximum absolute atomic E-state index is 13.4. The van der Waals surface area contributed by atoms with Gasteiger partial charge in [0, 0.05) is 12.1 Å². The lowest BCUT2D eigenvalue weighted by molar-refractivity contribution is 0.0730. The van der Waals surface area contributed by atoms with Crippen molar-refractivity contribution in [2.24, 2.45) is 0 Å². The van der Waals surface area contributed by atoms with Gasteiger partial charge in [0.1, 0.15) is 5.82 Å². The van der Waals surface area contributed by atoms with Gasteiger partial charge >= 0.3 is 0 Å². The van der Waals surface area contributed by atoms with Gasteiger partial charge in [0.05, 0.1) is 17.1 Å². The van der Waals surface area contributed by atoms with Gasteiger partial charge in [0.2, 0.25) is 0 Å². The lowest BCUT2D eigenvalue weighted by Crippen LogP contribution is -2.31. The number of H-pyrrole nitrogens is 1. The molecular weight excluding hydrogens is 312 g/mol. The molecule has 0 bridgehead atoms. The Kier molecular flexibility index (Phi) is 3.52. The Balaban J connectivity index is 1.66. The highest BCUT2D eigenvalue weighted by Gasteiger charge is 2.32. The highest BCUT2D eigenvalue weighted by molar-refractivity contribution is 5.94. The summed E-state index contributed by atoms with van der Waals surface area (Å²) in [6, 6.07) is 10.7. The van der Waals surface area contributed by atoms with E-state index in [0.717, 1.165) is 41.8 Å². The first-order chi connectivity index (χ1) is 11.6. The number of likely N-dealkylation sites (tertiary alicyclic amines) is 1. The first kappa shape index (κ1) is 14.8. The molecule has 0 unspecified atom stereocenters. The third kappa shape index (κ3) is 2.44. The van der Waals surface area contributed by atoms with Crippen molar-refractivity contribution in [2.75, 3.05) is 6.54 Å². The maximum atomic E-state index is 13.4. The normalized spacial score (nSPS) is 17.6. The summed E-state index contributed by atoms with van der Waals surface area (Å²) in [6.45, 7) is 0.569. The molecule has 3 aromatic rings. The molecule has 4 rings (SSSR count). The zero-order chi connectivity index (χ0) is 16.7. The minimum absolute atomic E-state index is 0.150. The number of benzene rings is 2. The number of amides is 1. The van der Waals surface area contributed by atoms with Crippen molar-refractivity contribution in [3.05, 3.63) is 65.5 Å². The number of rotatable bonds is 2. The van der Waals surface area contributed by atoms with Crippen LogP contribution in [0.15, 0.2) is 42.5 Å². The number of para-hydroxylation sites is 2. The van der Waals surface area contributed by atoms with Crippen LogP contribution in [-0.2, 0) is 0 Å². The van der Waals surface area contributed by atoms with Crippen LogP contribution < -0.4 is 0 Å². The molecule has 1 saturated heterocycles. The molecular formula is C18H15F2N3O. The molecule has 1 aromatic heterocycles. The van der Waals surface area contributed by atoms with Crippen molar-refractivity contribution in [1.82, 2.24) is 14.9 Å². The third-order valence-electron chi connectivity index (χ3n) is 4.40. The van der Waals surface area contributed by atoms with Gasteiger partial charge in [0.25, 0.3) is 5.91 Å². The molecule has 6 heteroatoms. The van der Waals surface area contributed by atoms with Crippen molar-refractivity contribution in [3.8, 4) is 0 Å². The Morgan fingerprint density at radius 1 is 1.17 bits per heavy atom. The number of imidazole rings is 1. The van der Waals surface area contributed by atoms with Crippen LogP contribution in [0.5, 0.6) is 0 Å². The molecule has 24 heavy (non-hydrogen) atoms. The summed E-state index contributed by atoms with van der Waals surface area (Å²) in [5, 5.41) is 0. The Bertz CT molecular complexity index is 889. The molecule has 1 atom stereocenters. The fourth-order valence-electron chi connectivity index (χ4n) is 3.22. The van der Waals surface area contributed by atoms with Crippen LogP contribution in [0.3, 0.4) is 0 Å². The van der Waals surface area contributed by atoms with E-state index in [4.69, 9.17) is 0 Å². The largest absolute Gasteiger partial charge is 0.340 e. The minimum Gasteiger partial charge on any atom is -0.340 e. The standard InChI is InChI=1S/C18H15F2N3O/c19-12-8-7-11(10-13(12)20)18(24)23-9-3-6-16(23)17-21-14-4-1-2-5-15(14)22-17/h1-2,4-5,7-8,10,16H,3,6,9H2,(H,21,22)/t16-/m1/s1. The molecule has 0 radical (unpaired) electrons. The number of nitrogens with zero attached hydrogens (tertiary/aromatic N) is 2. The Labute approximate surface area is 137 Å². The van der Waals surface area contributed by atoms with E-state index in [1.54, 1.807) is 4.90 Å². The third-order valence-corrected chi connectivity index (χ3v) is 4.40. The Morgan fingerprint density at radius 3 is 2.79 bits per heavy atom. The van der Waals surface area contributed by atoms with Gasteiger partial charge in [-0.05, 0) is 43.2 Å². The zero-order valence-corrected chi connectivity index (χ0v) is 12.8. The van der Waals surface area contributed by atoms with Gasteiger partial charge in [-0.2, -0.15) is 0 Å². The summed E-state index contributed by atoms with van der Waals surface area (Å²) in [7, 11) is 0. The van der Waals surface area contributed by atoms with Crippen molar-refractivity contribution in [3.63, 3.8) is 0 Å². The van der Waals surface area contributed by atoms with Crippen molar-refractivity contribution < 1.29 is 13.6 Å². The minimum atomic E-state index is -1.01. The monoisotopic (exact) mass is 327 g/mol. The lowest BCUT2D eigenvalue weighted by Gasteiger charge is -2.23. The lowest BCUT2D eigenvalue weighted by atomic mass is 10.1. The summed E-state index contributed by atoms with van der Waals surface area (Å²) in [5.74, 6) is -1.55. The van der Waals surface area contributed by atoms with E-state index in [0.29, 0.717) is 6.54 Å². The SMILES string of the molecule is O=C(c1ccc(F)c(F)c1)N1CCC[C@@H]1c1nc2ccccc2[nH]1. The van der Waals surface area contributed by atoms with Crippen LogP contribution >= 0.6 is 0 Å². The van der Waals surface area contributed by atoms with E-state index in [9.17, 15) is 13.6 Å². The average Bonchev–Trinajstić information content (AvgIpc) is 3.22. The second-order valence-electron chi connectivity index (χ2n) is 5.92. The average molecular weight is 327 g/mol. The number of carbonyl (C=O) groups is 1. The van der Waals surface area contributed by atoms with Crippen LogP contribution in [0.1, 0.15) is 35.1 Å². The summed E-state index contributed by atoms with van der Waals surface area (Å²) in [5.41, 5.74) is 1.91. The number of fused-ring (bicyclic) bond motifs is 1. The highest BCUT2D eigenvalue weighted by Crippen LogP contribution is 2.32. The number of halogens is 2. The smallest absolute Gasteiger partial charge is 0.254 e. The fraction of sp³-hybridized carbons (Fsp3) is 0.222. The summed E-state index contributed by atoms with van der Waals surface area (Å²) in [6.07, 6.45) is 1.63. The van der Waals surface area contributed by atoms with Gasteiger partial charge in [-0.3, -0.25) is 4.79 Å². The molecule has 1 amide bonds. The predicted octanol–water partition coefficient (Wildman–Crippen LogP) is 3.82. The van der Waals surface area contributed by atoms with Gasteiger partial charge in [-0.25, -0.2) is 13.8 Å². The number of aromatic nitrogens is 2. The first-order valence-corrected chi connectivity index (χ1v) is 7.84. The van der Waals surface area contributed by atoms with Gasteiger partial charge in [-0.1, -0.05) is 12.1 Å². The van der Waals surface area contributed by atoms with E-state index in [1.807, 2.05) is 24.3 Å². The van der Waals surface area contributed by atoms with Gasteiger partial charge in [-0.15, -0.1) is 0 Å². The molecule has 1 aliphatic heterocycles. The molecule has 4 nitrogen and oxygen atoms in total. The maximum Gasteiger partial charge on any atom is 0.254 e. The molecule has 1 N–H and O–H groups in total. The molecule has 0 aliphatic carbocycles. The molecule has 122 valence electrons. The molecule has 0 spiro atoms. The number of nitrogens with one attached hydrogen (secondary N) is 1. The number of hydrogen-bond acceptors (Lipinski definition) is 2. The summed E-state index contributed by atoms with van der Waals surface area (Å²) >= 11 is 0. The molecule has 1 fully saturated rings. The Morgan fingerprint density at radius 2 is 2.00 bits per heavy atom. The summed E-state index contributed by atoms with van der Waals surface area (Å²) < 4.78 is 26.5. The van der Waals surface area contributed by atoms with Crippen LogP contribution in [0.25, 0.3) is 11.0 Å². The van der Waals surface area contributed by atoms with Gasteiger partial charge < -0.3 is 9.88 Å². The Hall–Kier alpha value is -2.76. The molecule has 1 aliphatic rings. The summed E-state index contributed by atoms with van der Waals surface area (Å²) in [4.78, 5) is 22.2. The number of hydrogen-bond donors (Lipinski definition) is 1. The number of carbonyl (C=O) groups excluding carboxylic acids is 1. The van der Waals surface area contributed by atoms with Crippen molar-refractivity contribution >= 4 is 16.9 Å². The molecule has 2 aromatic carbocycles. The second kappa shape index (κ2) is 5.70. The quantitative estimate of drug-likeness (QED) is 0.778. The van der Waals surface area contributed by atoms with Crippen LogP contribution in [0, 0.1) is 11.6 Å².